The smallest absolute Gasteiger partial charge is 0.320 e. The van der Waals surface area contributed by atoms with E-state index in [1.807, 2.05) is 24.9 Å². The summed E-state index contributed by atoms with van der Waals surface area (Å²) >= 11 is 0. The van der Waals surface area contributed by atoms with E-state index in [4.69, 9.17) is 9.84 Å². The summed E-state index contributed by atoms with van der Waals surface area (Å²) in [5.41, 5.74) is 3.53. The largest absolute Gasteiger partial charge is 0.496 e. The minimum Gasteiger partial charge on any atom is -0.496 e. The molecule has 0 amide bonds. The van der Waals surface area contributed by atoms with Crippen molar-refractivity contribution in [2.24, 2.45) is 0 Å². The predicted molar refractivity (Wildman–Crippen MR) is 75.9 cm³/mol. The van der Waals surface area contributed by atoms with Crippen LogP contribution in [0.15, 0.2) is 12.1 Å². The quantitative estimate of drug-likeness (QED) is 0.857. The first-order valence-corrected chi connectivity index (χ1v) is 6.44. The Morgan fingerprint density at radius 1 is 1.37 bits per heavy atom. The predicted octanol–water partition coefficient (Wildman–Crippen LogP) is 2.26. The van der Waals surface area contributed by atoms with Gasteiger partial charge in [-0.15, -0.1) is 0 Å². The molecule has 0 saturated carbocycles. The number of ether oxygens (including phenoxy) is 1. The van der Waals surface area contributed by atoms with Crippen LogP contribution in [0.25, 0.3) is 0 Å². The molecule has 0 aliphatic carbocycles. The second-order valence-corrected chi connectivity index (χ2v) is 4.99. The lowest BCUT2D eigenvalue weighted by atomic mass is 10.0. The van der Waals surface area contributed by atoms with Crippen LogP contribution in [0.1, 0.15) is 23.6 Å². The van der Waals surface area contributed by atoms with E-state index in [-0.39, 0.29) is 0 Å². The number of aliphatic carboxylic acids is 1. The summed E-state index contributed by atoms with van der Waals surface area (Å²) in [6, 6.07) is 3.69. The maximum absolute atomic E-state index is 10.9. The van der Waals surface area contributed by atoms with Crippen molar-refractivity contribution < 1.29 is 14.6 Å². The van der Waals surface area contributed by atoms with Gasteiger partial charge in [0.05, 0.1) is 7.11 Å². The molecule has 0 aromatic heterocycles. The minimum absolute atomic E-state index is 0.459. The molecule has 106 valence electrons. The Labute approximate surface area is 115 Å². The minimum atomic E-state index is -0.787. The maximum atomic E-state index is 10.9. The Balaban J connectivity index is 2.73. The number of methoxy groups -OCH3 is 1. The first-order valence-electron chi connectivity index (χ1n) is 6.44. The maximum Gasteiger partial charge on any atom is 0.320 e. The number of carbonyl (C=O) groups is 1. The van der Waals surface area contributed by atoms with Crippen LogP contribution in [0.5, 0.6) is 5.75 Å². The van der Waals surface area contributed by atoms with Crippen molar-refractivity contribution in [1.29, 1.82) is 0 Å². The van der Waals surface area contributed by atoms with Gasteiger partial charge in [0.25, 0.3) is 0 Å². The Morgan fingerprint density at radius 3 is 2.53 bits per heavy atom. The SMILES string of the molecule is COc1cc(C)c(CCN(C)C(C)C(=O)O)cc1C. The third kappa shape index (κ3) is 3.96. The number of carboxylic acids is 1. The lowest BCUT2D eigenvalue weighted by molar-refractivity contribution is -0.142. The topological polar surface area (TPSA) is 49.8 Å². The molecule has 0 spiro atoms. The molecule has 0 bridgehead atoms. The molecule has 4 heteroatoms. The molecule has 1 N–H and O–H groups in total. The Kier molecular flexibility index (Phi) is 5.36. The molecule has 0 aliphatic rings. The summed E-state index contributed by atoms with van der Waals surface area (Å²) in [4.78, 5) is 12.7. The van der Waals surface area contributed by atoms with Crippen LogP contribution in [0.4, 0.5) is 0 Å². The highest BCUT2D eigenvalue weighted by Crippen LogP contribution is 2.23. The Morgan fingerprint density at radius 2 is 2.00 bits per heavy atom. The van der Waals surface area contributed by atoms with Crippen LogP contribution in [0.2, 0.25) is 0 Å². The fourth-order valence-electron chi connectivity index (χ4n) is 2.02. The summed E-state index contributed by atoms with van der Waals surface area (Å²) in [5, 5.41) is 8.96. The third-order valence-electron chi connectivity index (χ3n) is 3.61. The van der Waals surface area contributed by atoms with Gasteiger partial charge >= 0.3 is 5.97 Å². The molecule has 0 fully saturated rings. The van der Waals surface area contributed by atoms with Gasteiger partial charge in [-0.3, -0.25) is 9.69 Å². The van der Waals surface area contributed by atoms with Gasteiger partial charge in [-0.25, -0.2) is 0 Å². The van der Waals surface area contributed by atoms with Gasteiger partial charge in [-0.2, -0.15) is 0 Å². The second kappa shape index (κ2) is 6.57. The lowest BCUT2D eigenvalue weighted by Gasteiger charge is -2.21. The molecule has 1 aromatic rings. The molecule has 0 saturated heterocycles. The average Bonchev–Trinajstić information content (AvgIpc) is 2.37. The molecule has 4 nitrogen and oxygen atoms in total. The van der Waals surface area contributed by atoms with Gasteiger partial charge in [0.1, 0.15) is 11.8 Å². The molecule has 1 aromatic carbocycles. The highest BCUT2D eigenvalue weighted by molar-refractivity contribution is 5.72. The molecule has 0 radical (unpaired) electrons. The van der Waals surface area contributed by atoms with Crippen molar-refractivity contribution in [3.63, 3.8) is 0 Å². The van der Waals surface area contributed by atoms with Crippen LogP contribution in [0.3, 0.4) is 0 Å². The second-order valence-electron chi connectivity index (χ2n) is 4.99. The molecular formula is C15H23NO3. The zero-order chi connectivity index (χ0) is 14.6. The molecule has 1 unspecified atom stereocenters. The van der Waals surface area contributed by atoms with Crippen LogP contribution < -0.4 is 4.74 Å². The zero-order valence-electron chi connectivity index (χ0n) is 12.4. The van der Waals surface area contributed by atoms with Crippen LogP contribution in [-0.2, 0) is 11.2 Å². The number of nitrogens with zero attached hydrogens (tertiary/aromatic N) is 1. The number of aryl methyl sites for hydroxylation is 2. The molecular weight excluding hydrogens is 242 g/mol. The van der Waals surface area contributed by atoms with Gasteiger partial charge in [-0.1, -0.05) is 6.07 Å². The van der Waals surface area contributed by atoms with Crippen molar-refractivity contribution in [2.45, 2.75) is 33.2 Å². The van der Waals surface area contributed by atoms with Crippen LogP contribution in [-0.4, -0.2) is 42.7 Å². The Bertz CT molecular complexity index is 457. The molecule has 0 heterocycles. The van der Waals surface area contributed by atoms with Gasteiger partial charge in [0.2, 0.25) is 0 Å². The highest BCUT2D eigenvalue weighted by atomic mass is 16.5. The van der Waals surface area contributed by atoms with E-state index in [1.165, 1.54) is 11.1 Å². The monoisotopic (exact) mass is 265 g/mol. The molecule has 1 atom stereocenters. The van der Waals surface area contributed by atoms with Crippen molar-refractivity contribution in [1.82, 2.24) is 4.90 Å². The summed E-state index contributed by atoms with van der Waals surface area (Å²) in [6.07, 6.45) is 0.838. The summed E-state index contributed by atoms with van der Waals surface area (Å²) in [6.45, 7) is 6.50. The summed E-state index contributed by atoms with van der Waals surface area (Å²) in [7, 11) is 3.51. The number of carboxylic acid groups (broad SMARTS) is 1. The number of hydrogen-bond acceptors (Lipinski definition) is 3. The highest BCUT2D eigenvalue weighted by Gasteiger charge is 2.16. The first kappa shape index (κ1) is 15.5. The van der Waals surface area contributed by atoms with Crippen LogP contribution >= 0.6 is 0 Å². The van der Waals surface area contributed by atoms with Crippen LogP contribution in [0, 0.1) is 13.8 Å². The van der Waals surface area contributed by atoms with Crippen molar-refractivity contribution in [2.75, 3.05) is 20.7 Å². The average molecular weight is 265 g/mol. The number of likely N-dealkylation sites (N-methyl/N-ethyl adjacent to an activating group) is 1. The summed E-state index contributed by atoms with van der Waals surface area (Å²) < 4.78 is 5.29. The molecule has 19 heavy (non-hydrogen) atoms. The van der Waals surface area contributed by atoms with E-state index >= 15 is 0 Å². The van der Waals surface area contributed by atoms with Crippen molar-refractivity contribution >= 4 is 5.97 Å². The molecule has 0 aliphatic heterocycles. The van der Waals surface area contributed by atoms with E-state index in [9.17, 15) is 4.79 Å². The van der Waals surface area contributed by atoms with Gasteiger partial charge < -0.3 is 9.84 Å². The van der Waals surface area contributed by atoms with Crippen molar-refractivity contribution in [3.05, 3.63) is 28.8 Å². The number of benzene rings is 1. The molecule has 1 rings (SSSR count). The number of hydrogen-bond donors (Lipinski definition) is 1. The fourth-order valence-corrected chi connectivity index (χ4v) is 2.02. The summed E-state index contributed by atoms with van der Waals surface area (Å²) in [5.74, 6) is 0.110. The van der Waals surface area contributed by atoms with E-state index in [0.717, 1.165) is 24.3 Å². The lowest BCUT2D eigenvalue weighted by Crippen LogP contribution is -2.37. The fraction of sp³-hybridized carbons (Fsp3) is 0.533. The van der Waals surface area contributed by atoms with Gasteiger partial charge in [0, 0.05) is 6.54 Å². The number of rotatable bonds is 6. The van der Waals surface area contributed by atoms with Crippen molar-refractivity contribution in [3.8, 4) is 5.75 Å². The van der Waals surface area contributed by atoms with E-state index in [1.54, 1.807) is 14.0 Å². The normalized spacial score (nSPS) is 12.5. The first-order chi connectivity index (χ1) is 8.86. The standard InChI is InChI=1S/C15H23NO3/c1-10-9-14(19-5)11(2)8-13(10)6-7-16(4)12(3)15(17)18/h8-9,12H,6-7H2,1-5H3,(H,17,18). The Hall–Kier alpha value is -1.55. The van der Waals surface area contributed by atoms with E-state index in [0.29, 0.717) is 0 Å². The third-order valence-corrected chi connectivity index (χ3v) is 3.61. The van der Waals surface area contributed by atoms with Gasteiger partial charge in [0.15, 0.2) is 0 Å². The van der Waals surface area contributed by atoms with E-state index in [2.05, 4.69) is 13.0 Å². The van der Waals surface area contributed by atoms with Gasteiger partial charge in [-0.05, 0) is 57.0 Å². The van der Waals surface area contributed by atoms with E-state index < -0.39 is 12.0 Å². The zero-order valence-corrected chi connectivity index (χ0v) is 12.4.